The Morgan fingerprint density at radius 3 is 2.26 bits per heavy atom. The first-order valence-corrected chi connectivity index (χ1v) is 13.9. The van der Waals surface area contributed by atoms with Gasteiger partial charge in [-0.2, -0.15) is 0 Å². The van der Waals surface area contributed by atoms with Crippen LogP contribution < -0.4 is 0 Å². The van der Waals surface area contributed by atoms with E-state index in [0.29, 0.717) is 5.56 Å². The zero-order valence-electron chi connectivity index (χ0n) is 21.4. The number of fused-ring (bicyclic) bond motifs is 1. The van der Waals surface area contributed by atoms with Crippen LogP contribution in [0.25, 0.3) is 0 Å². The molecule has 1 aliphatic heterocycles. The highest BCUT2D eigenvalue weighted by Gasteiger charge is 2.42. The van der Waals surface area contributed by atoms with Crippen molar-refractivity contribution in [3.8, 4) is 0 Å². The van der Waals surface area contributed by atoms with E-state index in [-0.39, 0.29) is 11.5 Å². The standard InChI is InChI=1S/C19H34O.C7H8O3S.CH4O2/c1-13(16-5-4-6-16)7-9-17-14(2)8-10-18-15(3)11-20-12-19(17)18;8-5-6-1-3-7(4-2-6)11(9)10;1-3-2/h13-19H,4-12H2,1-3H3;1-4,8H,5H2,(H,9,10);2H,1H3/p-1/t13?,14-,15+,17+,18+,19?;;/m1../s1. The Hall–Kier alpha value is -0.830. The Morgan fingerprint density at radius 1 is 1.09 bits per heavy atom. The molecule has 0 radical (unpaired) electrons. The van der Waals surface area contributed by atoms with Gasteiger partial charge >= 0.3 is 0 Å². The van der Waals surface area contributed by atoms with Crippen LogP contribution in [0.4, 0.5) is 0 Å². The summed E-state index contributed by atoms with van der Waals surface area (Å²) in [5.41, 5.74) is 0.708. The van der Waals surface area contributed by atoms with Gasteiger partial charge in [0.15, 0.2) is 0 Å². The Bertz CT molecular complexity index is 708. The topological polar surface area (TPSA) is 99.0 Å². The fourth-order valence-corrected chi connectivity index (χ4v) is 6.35. The van der Waals surface area contributed by atoms with E-state index < -0.39 is 11.1 Å². The predicted molar refractivity (Wildman–Crippen MR) is 134 cm³/mol. The van der Waals surface area contributed by atoms with Crippen molar-refractivity contribution in [2.24, 2.45) is 41.4 Å². The number of ether oxygens (including phenoxy) is 1. The van der Waals surface area contributed by atoms with Gasteiger partial charge in [0.2, 0.25) is 0 Å². The molecule has 1 aromatic rings. The normalized spacial score (nSPS) is 30.4. The summed E-state index contributed by atoms with van der Waals surface area (Å²) in [5, 5.41) is 15.7. The van der Waals surface area contributed by atoms with Crippen LogP contribution in [0, 0.1) is 41.4 Å². The lowest BCUT2D eigenvalue weighted by atomic mass is 9.61. The number of benzene rings is 1. The van der Waals surface area contributed by atoms with Gasteiger partial charge in [-0.05, 0) is 83.0 Å². The van der Waals surface area contributed by atoms with Gasteiger partial charge in [0.1, 0.15) is 0 Å². The van der Waals surface area contributed by atoms with Crippen molar-refractivity contribution in [2.45, 2.75) is 77.2 Å². The van der Waals surface area contributed by atoms with E-state index in [1.54, 1.807) is 12.1 Å². The molecular formula is C27H45O6S-. The van der Waals surface area contributed by atoms with E-state index in [4.69, 9.17) is 15.1 Å². The minimum absolute atomic E-state index is 0.0637. The molecule has 7 atom stereocenters. The molecule has 0 aromatic heterocycles. The summed E-state index contributed by atoms with van der Waals surface area (Å²) in [6.07, 6.45) is 10.4. The third kappa shape index (κ3) is 8.68. The zero-order valence-corrected chi connectivity index (χ0v) is 22.2. The van der Waals surface area contributed by atoms with Gasteiger partial charge in [-0.15, -0.1) is 0 Å². The van der Waals surface area contributed by atoms with Gasteiger partial charge in [0.25, 0.3) is 0 Å². The number of hydrogen-bond acceptors (Lipinski definition) is 6. The molecule has 2 saturated carbocycles. The van der Waals surface area contributed by atoms with Crippen LogP contribution in [0.15, 0.2) is 29.2 Å². The van der Waals surface area contributed by atoms with Gasteiger partial charge < -0.3 is 14.4 Å². The lowest BCUT2D eigenvalue weighted by molar-refractivity contribution is -0.214. The molecule has 3 aliphatic rings. The first kappa shape index (κ1) is 29.4. The lowest BCUT2D eigenvalue weighted by Gasteiger charge is -2.48. The first-order valence-electron chi connectivity index (χ1n) is 12.9. The van der Waals surface area contributed by atoms with Crippen LogP contribution in [-0.2, 0) is 27.3 Å². The maximum Gasteiger partial charge on any atom is 0.0710 e. The Labute approximate surface area is 208 Å². The molecule has 6 nitrogen and oxygen atoms in total. The smallest absolute Gasteiger partial charge is 0.0710 e. The molecule has 3 fully saturated rings. The molecule has 2 aliphatic carbocycles. The largest absolute Gasteiger partial charge is 0.768 e. The highest BCUT2D eigenvalue weighted by Crippen LogP contribution is 2.47. The second-order valence-electron chi connectivity index (χ2n) is 10.5. The van der Waals surface area contributed by atoms with Crippen LogP contribution >= 0.6 is 0 Å². The second kappa shape index (κ2) is 15.3. The summed E-state index contributed by atoms with van der Waals surface area (Å²) in [4.78, 5) is 3.49. The van der Waals surface area contributed by atoms with Gasteiger partial charge in [-0.25, -0.2) is 4.89 Å². The molecule has 1 saturated heterocycles. The van der Waals surface area contributed by atoms with Crippen molar-refractivity contribution >= 4 is 11.1 Å². The van der Waals surface area contributed by atoms with Crippen LogP contribution in [-0.4, -0.2) is 39.4 Å². The van der Waals surface area contributed by atoms with Gasteiger partial charge in [0.05, 0.1) is 13.7 Å². The lowest BCUT2D eigenvalue weighted by Crippen LogP contribution is -2.44. The van der Waals surface area contributed by atoms with Crippen molar-refractivity contribution in [2.75, 3.05) is 20.3 Å². The maximum absolute atomic E-state index is 10.3. The summed E-state index contributed by atoms with van der Waals surface area (Å²) in [5.74, 6) is 6.54. The van der Waals surface area contributed by atoms with Crippen molar-refractivity contribution in [3.05, 3.63) is 29.8 Å². The van der Waals surface area contributed by atoms with Crippen LogP contribution in [0.5, 0.6) is 0 Å². The van der Waals surface area contributed by atoms with Crippen LogP contribution in [0.3, 0.4) is 0 Å². The average molecular weight is 498 g/mol. The molecule has 3 unspecified atom stereocenters. The fraction of sp³-hybridized carbons (Fsp3) is 0.778. The van der Waals surface area contributed by atoms with E-state index in [1.807, 2.05) is 0 Å². The zero-order chi connectivity index (χ0) is 25.1. The number of rotatable bonds is 6. The Morgan fingerprint density at radius 2 is 1.74 bits per heavy atom. The van der Waals surface area contributed by atoms with Crippen LogP contribution in [0.2, 0.25) is 0 Å². The van der Waals surface area contributed by atoms with E-state index in [9.17, 15) is 8.76 Å². The van der Waals surface area contributed by atoms with E-state index in [2.05, 4.69) is 25.7 Å². The van der Waals surface area contributed by atoms with Gasteiger partial charge in [-0.3, -0.25) is 9.47 Å². The maximum atomic E-state index is 10.3. The SMILES string of the molecule is CC(CC[C@@H]1C2COC[C@H](C)[C@@H]2CC[C@H]1C)C1CCC1.COO.O=S([O-])c1ccc(CO)cc1. The molecule has 0 spiro atoms. The molecule has 0 amide bonds. The predicted octanol–water partition coefficient (Wildman–Crippen LogP) is 5.67. The monoisotopic (exact) mass is 497 g/mol. The summed E-state index contributed by atoms with van der Waals surface area (Å²) in [6, 6.07) is 6.06. The average Bonchev–Trinajstić information content (AvgIpc) is 2.78. The minimum atomic E-state index is -2.17. The van der Waals surface area contributed by atoms with Crippen molar-refractivity contribution < 1.29 is 28.7 Å². The molecule has 4 rings (SSSR count). The number of aliphatic hydroxyl groups excluding tert-OH is 1. The molecule has 1 aromatic carbocycles. The van der Waals surface area contributed by atoms with Crippen molar-refractivity contribution in [3.63, 3.8) is 0 Å². The number of hydrogen-bond donors (Lipinski definition) is 2. The first-order chi connectivity index (χ1) is 16.3. The third-order valence-corrected chi connectivity index (χ3v) is 9.07. The Kier molecular flexibility index (Phi) is 13.2. The van der Waals surface area contributed by atoms with E-state index >= 15 is 0 Å². The molecule has 34 heavy (non-hydrogen) atoms. The molecule has 1 heterocycles. The summed E-state index contributed by atoms with van der Waals surface area (Å²) >= 11 is -2.17. The molecule has 0 bridgehead atoms. The quantitative estimate of drug-likeness (QED) is 0.298. The van der Waals surface area contributed by atoms with E-state index in [1.165, 1.54) is 64.2 Å². The molecular weight excluding hydrogens is 452 g/mol. The molecule has 2 N–H and O–H groups in total. The van der Waals surface area contributed by atoms with Gasteiger partial charge in [-0.1, -0.05) is 65.0 Å². The second-order valence-corrected chi connectivity index (χ2v) is 11.5. The van der Waals surface area contributed by atoms with Crippen LogP contribution in [0.1, 0.15) is 71.3 Å². The molecule has 196 valence electrons. The summed E-state index contributed by atoms with van der Waals surface area (Å²) in [6.45, 7) is 9.44. The van der Waals surface area contributed by atoms with Crippen molar-refractivity contribution in [1.29, 1.82) is 0 Å². The highest BCUT2D eigenvalue weighted by atomic mass is 32.2. The molecule has 7 heteroatoms. The summed E-state index contributed by atoms with van der Waals surface area (Å²) < 4.78 is 26.6. The number of aliphatic hydroxyl groups is 1. The Balaban J connectivity index is 0.000000247. The fourth-order valence-electron chi connectivity index (χ4n) is 5.99. The third-order valence-electron chi connectivity index (χ3n) is 8.42. The summed E-state index contributed by atoms with van der Waals surface area (Å²) in [7, 11) is 1.18. The van der Waals surface area contributed by atoms with E-state index in [0.717, 1.165) is 54.6 Å². The van der Waals surface area contributed by atoms with Crippen molar-refractivity contribution in [1.82, 2.24) is 0 Å². The van der Waals surface area contributed by atoms with Gasteiger partial charge in [0, 0.05) is 18.1 Å². The highest BCUT2D eigenvalue weighted by molar-refractivity contribution is 7.79. The minimum Gasteiger partial charge on any atom is -0.768 e.